The summed E-state index contributed by atoms with van der Waals surface area (Å²) in [4.78, 5) is 36.3. The molecule has 1 saturated carbocycles. The van der Waals surface area contributed by atoms with E-state index in [9.17, 15) is 9.59 Å². The van der Waals surface area contributed by atoms with Crippen LogP contribution in [0.3, 0.4) is 0 Å². The molecule has 0 saturated heterocycles. The van der Waals surface area contributed by atoms with Crippen LogP contribution in [-0.2, 0) is 9.59 Å². The summed E-state index contributed by atoms with van der Waals surface area (Å²) < 4.78 is 37.2. The maximum atomic E-state index is 13.4. The molecule has 1 aliphatic rings. The van der Waals surface area contributed by atoms with Crippen LogP contribution in [0.15, 0.2) is 94.9 Å². The second-order valence-corrected chi connectivity index (χ2v) is 26.4. The van der Waals surface area contributed by atoms with Crippen LogP contribution in [0.2, 0.25) is 0 Å². The number of benzene rings is 4. The second-order valence-electron chi connectivity index (χ2n) is 26.4. The van der Waals surface area contributed by atoms with Gasteiger partial charge in [-0.15, -0.1) is 0 Å². The van der Waals surface area contributed by atoms with Gasteiger partial charge in [-0.25, -0.2) is 0 Å². The molecule has 0 bridgehead atoms. The van der Waals surface area contributed by atoms with E-state index >= 15 is 0 Å². The van der Waals surface area contributed by atoms with Crippen molar-refractivity contribution in [2.45, 2.75) is 310 Å². The molecule has 0 amide bonds. The third-order valence-electron chi connectivity index (χ3n) is 18.2. The van der Waals surface area contributed by atoms with Crippen LogP contribution < -0.4 is 28.4 Å². The first-order chi connectivity index (χ1) is 45.4. The van der Waals surface area contributed by atoms with E-state index in [0.717, 1.165) is 71.2 Å². The molecule has 4 aromatic rings. The van der Waals surface area contributed by atoms with Crippen molar-refractivity contribution in [1.82, 2.24) is 0 Å². The minimum Gasteiger partial charge on any atom is -0.490 e. The minimum atomic E-state index is -0.289. The number of unbranched alkanes of at least 4 members (excludes halogenated alkanes) is 36. The fraction of sp³-hybridized carbons (Fsp3) is 0.659. The largest absolute Gasteiger partial charge is 0.490 e. The van der Waals surface area contributed by atoms with Crippen LogP contribution in [0.4, 0.5) is 11.4 Å². The van der Waals surface area contributed by atoms with E-state index in [1.54, 1.807) is 24.3 Å². The van der Waals surface area contributed by atoms with Gasteiger partial charge in [0.25, 0.3) is 0 Å². The van der Waals surface area contributed by atoms with Crippen LogP contribution in [0.1, 0.15) is 321 Å². The first-order valence-electron chi connectivity index (χ1n) is 37.9. The number of hydrogen-bond donors (Lipinski definition) is 0. The summed E-state index contributed by atoms with van der Waals surface area (Å²) in [6, 6.07) is 26.7. The van der Waals surface area contributed by atoms with E-state index in [-0.39, 0.29) is 23.8 Å². The van der Waals surface area contributed by atoms with Gasteiger partial charge < -0.3 is 28.4 Å². The molecule has 1 aliphatic carbocycles. The lowest BCUT2D eigenvalue weighted by Gasteiger charge is -2.25. The lowest BCUT2D eigenvalue weighted by atomic mass is 9.82. The molecule has 512 valence electrons. The number of hydrogen-bond acceptors (Lipinski definition) is 10. The molecule has 0 heterocycles. The molecule has 0 radical (unpaired) electrons. The van der Waals surface area contributed by atoms with Gasteiger partial charge in [0, 0.05) is 12.4 Å². The molecule has 0 spiro atoms. The quantitative estimate of drug-likeness (QED) is 0.0186. The minimum absolute atomic E-state index is 0.276. The van der Waals surface area contributed by atoms with E-state index in [0.29, 0.717) is 63.6 Å². The molecule has 4 aromatic carbocycles. The van der Waals surface area contributed by atoms with Crippen LogP contribution >= 0.6 is 0 Å². The number of aliphatic imine (C=N–C) groups is 2. The van der Waals surface area contributed by atoms with Crippen molar-refractivity contribution in [3.05, 3.63) is 96.1 Å². The maximum absolute atomic E-state index is 13.4. The van der Waals surface area contributed by atoms with E-state index in [2.05, 4.69) is 27.7 Å². The first-order valence-corrected chi connectivity index (χ1v) is 37.9. The summed E-state index contributed by atoms with van der Waals surface area (Å²) in [5, 5.41) is 0. The lowest BCUT2D eigenvalue weighted by Crippen LogP contribution is -2.30. The number of carbonyl (C=O) groups is 2. The van der Waals surface area contributed by atoms with Gasteiger partial charge in [-0.05, 0) is 147 Å². The van der Waals surface area contributed by atoms with Crippen molar-refractivity contribution in [3.63, 3.8) is 0 Å². The van der Waals surface area contributed by atoms with E-state index < -0.39 is 0 Å². The molecule has 0 unspecified atom stereocenters. The van der Waals surface area contributed by atoms with Crippen LogP contribution in [0.5, 0.6) is 34.5 Å². The lowest BCUT2D eigenvalue weighted by molar-refractivity contribution is -0.145. The summed E-state index contributed by atoms with van der Waals surface area (Å²) in [6.07, 6.45) is 57.4. The van der Waals surface area contributed by atoms with Crippen molar-refractivity contribution in [2.75, 3.05) is 26.4 Å². The average molecular weight is 1270 g/mol. The zero-order valence-corrected chi connectivity index (χ0v) is 58.5. The van der Waals surface area contributed by atoms with E-state index in [4.69, 9.17) is 38.4 Å². The Morgan fingerprint density at radius 3 is 0.815 bits per heavy atom. The van der Waals surface area contributed by atoms with Crippen molar-refractivity contribution in [3.8, 4) is 34.5 Å². The highest BCUT2D eigenvalue weighted by Crippen LogP contribution is 2.34. The van der Waals surface area contributed by atoms with Gasteiger partial charge in [0.1, 0.15) is 11.5 Å². The Kier molecular flexibility index (Phi) is 43.3. The third kappa shape index (κ3) is 35.6. The molecule has 0 N–H and O–H groups in total. The summed E-state index contributed by atoms with van der Waals surface area (Å²) in [7, 11) is 0. The predicted molar refractivity (Wildman–Crippen MR) is 386 cm³/mol. The fourth-order valence-electron chi connectivity index (χ4n) is 12.2. The van der Waals surface area contributed by atoms with Gasteiger partial charge in [-0.2, -0.15) is 0 Å². The van der Waals surface area contributed by atoms with Gasteiger partial charge >= 0.3 is 11.9 Å². The van der Waals surface area contributed by atoms with Crippen molar-refractivity contribution in [2.24, 2.45) is 21.8 Å². The van der Waals surface area contributed by atoms with Crippen LogP contribution in [0.25, 0.3) is 0 Å². The highest BCUT2D eigenvalue weighted by Gasteiger charge is 2.32. The Labute approximate surface area is 560 Å². The normalized spacial score (nSPS) is 14.1. The zero-order valence-electron chi connectivity index (χ0n) is 58.5. The van der Waals surface area contributed by atoms with Gasteiger partial charge in [0.2, 0.25) is 0 Å². The number of esters is 2. The second kappa shape index (κ2) is 51.7. The molecule has 10 nitrogen and oxygen atoms in total. The number of nitrogens with zero attached hydrogens (tertiary/aromatic N) is 2. The molecular weight excluding hydrogens is 1140 g/mol. The van der Waals surface area contributed by atoms with Gasteiger partial charge in [0.15, 0.2) is 23.0 Å². The SMILES string of the molecule is CCCCCCCCCCCCOc1ccc(C=Nc2ccc(OC(=O)C3CCC(C(=O)Oc4ccc(N=Cc5ccc(OCCCCCCCCCCCC)c(OCCCCCCCCCCCC)c5)cc4)CC3)cc2)cc1OCCCCCCCCCCCC. The molecule has 5 rings (SSSR count). The fourth-order valence-corrected chi connectivity index (χ4v) is 12.2. The monoisotopic (exact) mass is 1270 g/mol. The molecule has 10 heteroatoms. The Balaban J connectivity index is 1.04. The summed E-state index contributed by atoms with van der Waals surface area (Å²) in [6.45, 7) is 11.8. The molecule has 1 fully saturated rings. The standard InChI is InChI=1S/C82H126N2O8/c1-5-9-13-17-21-25-29-33-37-41-61-87-77-59-45-69(65-79(77)89-63-43-39-35-31-27-23-19-15-11-7-3)67-83-73-51-55-75(56-52-73)91-81(85)71-47-49-72(50-48-71)82(86)92-76-57-53-74(54-58-76)84-68-70-46-60-78(88-62-42-38-34-30-26-22-18-14-10-6-2)80(66-70)90-64-44-40-36-32-28-24-20-16-12-8-4/h45-46,51-60,65-68,71-72H,5-44,47-50,61-64H2,1-4H3. The van der Waals surface area contributed by atoms with Crippen molar-refractivity contribution < 1.29 is 38.0 Å². The van der Waals surface area contributed by atoms with Gasteiger partial charge in [-0.3, -0.25) is 19.6 Å². The third-order valence-corrected chi connectivity index (χ3v) is 18.2. The van der Waals surface area contributed by atoms with Crippen LogP contribution in [-0.4, -0.2) is 50.8 Å². The number of ether oxygens (including phenoxy) is 6. The Hall–Kier alpha value is -5.64. The van der Waals surface area contributed by atoms with Gasteiger partial charge in [-0.1, -0.05) is 259 Å². The number of rotatable bonds is 56. The molecule has 0 aliphatic heterocycles. The molecular formula is C82H126N2O8. The smallest absolute Gasteiger partial charge is 0.314 e. The zero-order chi connectivity index (χ0) is 65.0. The Morgan fingerprint density at radius 1 is 0.315 bits per heavy atom. The van der Waals surface area contributed by atoms with Crippen LogP contribution in [0, 0.1) is 11.8 Å². The van der Waals surface area contributed by atoms with Crippen molar-refractivity contribution in [1.29, 1.82) is 0 Å². The highest BCUT2D eigenvalue weighted by molar-refractivity contribution is 5.84. The first kappa shape index (κ1) is 77.1. The predicted octanol–water partition coefficient (Wildman–Crippen LogP) is 24.7. The summed E-state index contributed by atoms with van der Waals surface area (Å²) in [5.41, 5.74) is 3.34. The topological polar surface area (TPSA) is 114 Å². The summed E-state index contributed by atoms with van der Waals surface area (Å²) in [5.74, 6) is 2.94. The maximum Gasteiger partial charge on any atom is 0.314 e. The molecule has 0 aromatic heterocycles. The summed E-state index contributed by atoms with van der Waals surface area (Å²) >= 11 is 0. The highest BCUT2D eigenvalue weighted by atomic mass is 16.5. The number of carbonyl (C=O) groups excluding carboxylic acids is 2. The van der Waals surface area contributed by atoms with E-state index in [1.165, 1.54) is 231 Å². The average Bonchev–Trinajstić information content (AvgIpc) is 1.72. The van der Waals surface area contributed by atoms with E-state index in [1.807, 2.05) is 73.1 Å². The van der Waals surface area contributed by atoms with Gasteiger partial charge in [0.05, 0.1) is 49.6 Å². The molecule has 0 atom stereocenters. The molecule has 92 heavy (non-hydrogen) atoms. The van der Waals surface area contributed by atoms with Crippen molar-refractivity contribution >= 4 is 35.7 Å². The Morgan fingerprint density at radius 2 is 0.554 bits per heavy atom. The Bertz CT molecular complexity index is 2360.